The van der Waals surface area contributed by atoms with Crippen LogP contribution in [0.2, 0.25) is 0 Å². The van der Waals surface area contributed by atoms with E-state index < -0.39 is 17.7 Å². The molecule has 0 aliphatic heterocycles. The van der Waals surface area contributed by atoms with Gasteiger partial charge in [-0.2, -0.15) is 0 Å². The minimum atomic E-state index is -0.899. The van der Waals surface area contributed by atoms with E-state index in [-0.39, 0.29) is 16.9 Å². The van der Waals surface area contributed by atoms with Crippen molar-refractivity contribution in [2.75, 3.05) is 0 Å². The Bertz CT molecular complexity index is 619. The number of phenols is 2. The van der Waals surface area contributed by atoms with Gasteiger partial charge in [0.1, 0.15) is 0 Å². The second-order valence-corrected chi connectivity index (χ2v) is 3.75. The fourth-order valence-corrected chi connectivity index (χ4v) is 1.43. The summed E-state index contributed by atoms with van der Waals surface area (Å²) in [5.41, 5.74) is 0.221. The number of aromatic hydroxyl groups is 2. The molecule has 0 spiro atoms. The van der Waals surface area contributed by atoms with Crippen LogP contribution in [0.15, 0.2) is 48.5 Å². The summed E-state index contributed by atoms with van der Waals surface area (Å²) < 4.78 is 4.65. The molecule has 0 aromatic heterocycles. The number of hydrogen-bond acceptors (Lipinski definition) is 5. The van der Waals surface area contributed by atoms with Gasteiger partial charge in [0.25, 0.3) is 0 Å². The highest BCUT2D eigenvalue weighted by molar-refractivity contribution is 6.02. The Morgan fingerprint density at radius 1 is 0.789 bits per heavy atom. The maximum absolute atomic E-state index is 11.7. The molecule has 2 aromatic rings. The van der Waals surface area contributed by atoms with Gasteiger partial charge in [-0.15, -0.1) is 0 Å². The molecule has 0 saturated heterocycles. The van der Waals surface area contributed by atoms with Gasteiger partial charge in [0.2, 0.25) is 0 Å². The molecule has 5 nitrogen and oxygen atoms in total. The molecule has 0 saturated carbocycles. The van der Waals surface area contributed by atoms with Crippen LogP contribution in [0.3, 0.4) is 0 Å². The summed E-state index contributed by atoms with van der Waals surface area (Å²) in [7, 11) is 0. The minimum absolute atomic E-state index is 0.0282. The van der Waals surface area contributed by atoms with Crippen molar-refractivity contribution in [2.45, 2.75) is 0 Å². The predicted octanol–water partition coefficient (Wildman–Crippen LogP) is 2.09. The molecule has 0 fully saturated rings. The van der Waals surface area contributed by atoms with E-state index in [2.05, 4.69) is 4.74 Å². The number of benzene rings is 2. The van der Waals surface area contributed by atoms with Gasteiger partial charge in [0.05, 0.1) is 11.1 Å². The molecule has 2 N–H and O–H groups in total. The number of ether oxygens (including phenoxy) is 1. The van der Waals surface area contributed by atoms with E-state index >= 15 is 0 Å². The number of hydrogen-bond donors (Lipinski definition) is 2. The van der Waals surface area contributed by atoms with Crippen molar-refractivity contribution in [3.8, 4) is 11.5 Å². The van der Waals surface area contributed by atoms with Crippen LogP contribution in [0, 0.1) is 0 Å². The van der Waals surface area contributed by atoms with Crippen molar-refractivity contribution < 1.29 is 24.5 Å². The lowest BCUT2D eigenvalue weighted by Crippen LogP contribution is -2.12. The predicted molar refractivity (Wildman–Crippen MR) is 66.0 cm³/mol. The summed E-state index contributed by atoms with van der Waals surface area (Å²) in [5, 5.41) is 18.4. The van der Waals surface area contributed by atoms with Crippen LogP contribution >= 0.6 is 0 Å². The Balaban J connectivity index is 2.13. The first-order chi connectivity index (χ1) is 9.08. The van der Waals surface area contributed by atoms with E-state index in [1.54, 1.807) is 18.2 Å². The number of carbonyl (C=O) groups is 2. The van der Waals surface area contributed by atoms with E-state index in [1.807, 2.05) is 0 Å². The maximum atomic E-state index is 11.7. The third kappa shape index (κ3) is 2.90. The molecule has 0 radical (unpaired) electrons. The smallest absolute Gasteiger partial charge is 0.346 e. The molecule has 0 unspecified atom stereocenters. The van der Waals surface area contributed by atoms with Gasteiger partial charge in [-0.3, -0.25) is 0 Å². The summed E-state index contributed by atoms with van der Waals surface area (Å²) in [6, 6.07) is 11.5. The topological polar surface area (TPSA) is 83.8 Å². The van der Waals surface area contributed by atoms with Gasteiger partial charge >= 0.3 is 11.9 Å². The van der Waals surface area contributed by atoms with Crippen LogP contribution < -0.4 is 0 Å². The van der Waals surface area contributed by atoms with E-state index in [0.29, 0.717) is 0 Å². The third-order valence-corrected chi connectivity index (χ3v) is 2.41. The van der Waals surface area contributed by atoms with Crippen LogP contribution in [-0.2, 0) is 4.74 Å². The number of rotatable bonds is 2. The zero-order valence-corrected chi connectivity index (χ0v) is 9.74. The lowest BCUT2D eigenvalue weighted by molar-refractivity contribution is 0.0397. The first-order valence-corrected chi connectivity index (χ1v) is 5.41. The Morgan fingerprint density at radius 2 is 1.42 bits per heavy atom. The minimum Gasteiger partial charge on any atom is -0.504 e. The molecule has 0 bridgehead atoms. The van der Waals surface area contributed by atoms with Crippen molar-refractivity contribution in [3.05, 3.63) is 59.7 Å². The molecule has 0 aliphatic rings. The van der Waals surface area contributed by atoms with E-state index in [9.17, 15) is 14.7 Å². The number of phenolic OH excluding ortho intramolecular Hbond substituents is 2. The molecule has 96 valence electrons. The SMILES string of the molecule is O=C(OC(=O)c1ccc(O)c(O)c1)c1ccccc1. The standard InChI is InChI=1S/C14H10O5/c15-11-7-6-10(8-12(11)16)14(18)19-13(17)9-4-2-1-3-5-9/h1-8,15-16H. The first kappa shape index (κ1) is 12.6. The maximum Gasteiger partial charge on any atom is 0.346 e. The number of esters is 2. The van der Waals surface area contributed by atoms with Crippen LogP contribution in [0.25, 0.3) is 0 Å². The fourth-order valence-electron chi connectivity index (χ4n) is 1.43. The lowest BCUT2D eigenvalue weighted by atomic mass is 10.2. The third-order valence-electron chi connectivity index (χ3n) is 2.41. The van der Waals surface area contributed by atoms with Crippen LogP contribution in [-0.4, -0.2) is 22.2 Å². The second-order valence-electron chi connectivity index (χ2n) is 3.75. The average Bonchev–Trinajstić information content (AvgIpc) is 2.42. The molecule has 0 atom stereocenters. The van der Waals surface area contributed by atoms with Crippen LogP contribution in [0.1, 0.15) is 20.7 Å². The summed E-state index contributed by atoms with van der Waals surface area (Å²) in [5.74, 6) is -2.49. The van der Waals surface area contributed by atoms with Crippen molar-refractivity contribution >= 4 is 11.9 Å². The zero-order chi connectivity index (χ0) is 13.8. The quantitative estimate of drug-likeness (QED) is 0.489. The normalized spacial score (nSPS) is 9.89. The van der Waals surface area contributed by atoms with Gasteiger partial charge < -0.3 is 14.9 Å². The molecule has 2 aromatic carbocycles. The summed E-state index contributed by atoms with van der Waals surface area (Å²) in [6.45, 7) is 0. The van der Waals surface area contributed by atoms with E-state index in [0.717, 1.165) is 12.1 Å². The molecule has 5 heteroatoms. The highest BCUT2D eigenvalue weighted by Crippen LogP contribution is 2.25. The average molecular weight is 258 g/mol. The van der Waals surface area contributed by atoms with Crippen molar-refractivity contribution in [1.82, 2.24) is 0 Å². The highest BCUT2D eigenvalue weighted by atomic mass is 16.6. The largest absolute Gasteiger partial charge is 0.504 e. The Labute approximate surface area is 108 Å². The molecular weight excluding hydrogens is 248 g/mol. The zero-order valence-electron chi connectivity index (χ0n) is 9.74. The summed E-state index contributed by atoms with van der Waals surface area (Å²) >= 11 is 0. The Morgan fingerprint density at radius 3 is 2.05 bits per heavy atom. The van der Waals surface area contributed by atoms with E-state index in [4.69, 9.17) is 5.11 Å². The van der Waals surface area contributed by atoms with Crippen molar-refractivity contribution in [3.63, 3.8) is 0 Å². The monoisotopic (exact) mass is 258 g/mol. The molecule has 0 amide bonds. The van der Waals surface area contributed by atoms with Gasteiger partial charge in [-0.05, 0) is 30.3 Å². The first-order valence-electron chi connectivity index (χ1n) is 5.41. The van der Waals surface area contributed by atoms with Gasteiger partial charge in [-0.1, -0.05) is 18.2 Å². The number of carbonyl (C=O) groups excluding carboxylic acids is 2. The second kappa shape index (κ2) is 5.22. The van der Waals surface area contributed by atoms with Crippen LogP contribution in [0.4, 0.5) is 0 Å². The molecule has 0 heterocycles. The van der Waals surface area contributed by atoms with Crippen molar-refractivity contribution in [1.29, 1.82) is 0 Å². The Hall–Kier alpha value is -2.82. The van der Waals surface area contributed by atoms with Gasteiger partial charge in [0, 0.05) is 0 Å². The van der Waals surface area contributed by atoms with Crippen molar-refractivity contribution in [2.24, 2.45) is 0 Å². The van der Waals surface area contributed by atoms with Gasteiger partial charge in [-0.25, -0.2) is 9.59 Å². The summed E-state index contributed by atoms with van der Waals surface area (Å²) in [6.07, 6.45) is 0. The van der Waals surface area contributed by atoms with Gasteiger partial charge in [0.15, 0.2) is 11.5 Å². The highest BCUT2D eigenvalue weighted by Gasteiger charge is 2.15. The summed E-state index contributed by atoms with van der Waals surface area (Å²) in [4.78, 5) is 23.3. The molecule has 19 heavy (non-hydrogen) atoms. The van der Waals surface area contributed by atoms with Crippen LogP contribution in [0.5, 0.6) is 11.5 Å². The molecular formula is C14H10O5. The lowest BCUT2D eigenvalue weighted by Gasteiger charge is -2.04. The Kier molecular flexibility index (Phi) is 3.47. The molecule has 2 rings (SSSR count). The van der Waals surface area contributed by atoms with E-state index in [1.165, 1.54) is 18.2 Å². The molecule has 0 aliphatic carbocycles. The fraction of sp³-hybridized carbons (Fsp3) is 0.